The van der Waals surface area contributed by atoms with Gasteiger partial charge in [-0.25, -0.2) is 0 Å². The highest BCUT2D eigenvalue weighted by Crippen LogP contribution is 2.36. The second-order valence-corrected chi connectivity index (χ2v) is 8.70. The predicted molar refractivity (Wildman–Crippen MR) is 137 cm³/mol. The van der Waals surface area contributed by atoms with E-state index in [1.807, 2.05) is 91.9 Å². The fourth-order valence-corrected chi connectivity index (χ4v) is 4.49. The highest BCUT2D eigenvalue weighted by Gasteiger charge is 2.33. The van der Waals surface area contributed by atoms with Crippen molar-refractivity contribution in [2.24, 2.45) is 0 Å². The number of amides is 1. The lowest BCUT2D eigenvalue weighted by atomic mass is 10.2. The average Bonchev–Trinajstić information content (AvgIpc) is 3.12. The standard InChI is InChI=1S/C26H23NO4S2/c1-2-29-22-14-10-20(11-15-22)27-25(28)24(33-26(27)32)18-19-8-12-23(13-9-19)31-17-16-30-21-6-4-3-5-7-21/h3-15,18H,2,16-17H2,1H3/b24-18+. The summed E-state index contributed by atoms with van der Waals surface area (Å²) < 4.78 is 17.3. The molecule has 1 aliphatic rings. The summed E-state index contributed by atoms with van der Waals surface area (Å²) in [6, 6.07) is 24.6. The minimum atomic E-state index is -0.132. The molecule has 3 aromatic carbocycles. The first-order valence-electron chi connectivity index (χ1n) is 10.6. The van der Waals surface area contributed by atoms with Gasteiger partial charge in [-0.3, -0.25) is 9.69 Å². The number of para-hydroxylation sites is 1. The topological polar surface area (TPSA) is 48.0 Å². The van der Waals surface area contributed by atoms with E-state index >= 15 is 0 Å². The van der Waals surface area contributed by atoms with E-state index in [2.05, 4.69) is 0 Å². The van der Waals surface area contributed by atoms with Gasteiger partial charge in [-0.05, 0) is 67.1 Å². The van der Waals surface area contributed by atoms with Gasteiger partial charge in [0.2, 0.25) is 0 Å². The van der Waals surface area contributed by atoms with E-state index in [-0.39, 0.29) is 5.91 Å². The Balaban J connectivity index is 1.34. The molecule has 0 saturated carbocycles. The zero-order valence-corrected chi connectivity index (χ0v) is 19.7. The van der Waals surface area contributed by atoms with Gasteiger partial charge in [-0.15, -0.1) is 0 Å². The van der Waals surface area contributed by atoms with Gasteiger partial charge >= 0.3 is 0 Å². The Bertz CT molecular complexity index is 1130. The van der Waals surface area contributed by atoms with Crippen molar-refractivity contribution in [3.8, 4) is 17.2 Å². The van der Waals surface area contributed by atoms with E-state index in [1.54, 1.807) is 4.90 Å². The zero-order chi connectivity index (χ0) is 23.0. The van der Waals surface area contributed by atoms with Crippen molar-refractivity contribution in [2.75, 3.05) is 24.7 Å². The molecule has 0 radical (unpaired) electrons. The number of anilines is 1. The van der Waals surface area contributed by atoms with E-state index < -0.39 is 0 Å². The van der Waals surface area contributed by atoms with Crippen LogP contribution in [0.3, 0.4) is 0 Å². The molecule has 168 valence electrons. The third-order valence-electron chi connectivity index (χ3n) is 4.74. The first-order chi connectivity index (χ1) is 16.1. The molecule has 0 unspecified atom stereocenters. The molecule has 7 heteroatoms. The average molecular weight is 478 g/mol. The van der Waals surface area contributed by atoms with Gasteiger partial charge in [0.25, 0.3) is 5.91 Å². The van der Waals surface area contributed by atoms with Gasteiger partial charge in [0, 0.05) is 0 Å². The van der Waals surface area contributed by atoms with Crippen molar-refractivity contribution in [3.05, 3.63) is 89.3 Å². The molecule has 0 aliphatic carbocycles. The summed E-state index contributed by atoms with van der Waals surface area (Å²) in [7, 11) is 0. The molecule has 0 N–H and O–H groups in total. The molecule has 1 aliphatic heterocycles. The van der Waals surface area contributed by atoms with Crippen molar-refractivity contribution >= 4 is 46.0 Å². The number of carbonyl (C=O) groups excluding carboxylic acids is 1. The first kappa shape index (κ1) is 22.9. The maximum Gasteiger partial charge on any atom is 0.270 e. The Morgan fingerprint density at radius 3 is 2.03 bits per heavy atom. The van der Waals surface area contributed by atoms with Crippen LogP contribution >= 0.6 is 24.0 Å². The summed E-state index contributed by atoms with van der Waals surface area (Å²) in [6.07, 6.45) is 1.84. The predicted octanol–water partition coefficient (Wildman–Crippen LogP) is 5.95. The van der Waals surface area contributed by atoms with Gasteiger partial charge in [0.15, 0.2) is 4.32 Å². The maximum absolute atomic E-state index is 13.0. The quantitative estimate of drug-likeness (QED) is 0.216. The van der Waals surface area contributed by atoms with Gasteiger partial charge < -0.3 is 14.2 Å². The first-order valence-corrected chi connectivity index (χ1v) is 11.8. The molecule has 33 heavy (non-hydrogen) atoms. The molecule has 0 bridgehead atoms. The second-order valence-electron chi connectivity index (χ2n) is 7.02. The Morgan fingerprint density at radius 1 is 0.818 bits per heavy atom. The molecule has 1 amide bonds. The van der Waals surface area contributed by atoms with Crippen LogP contribution in [-0.2, 0) is 4.79 Å². The second kappa shape index (κ2) is 11.0. The molecule has 3 aromatic rings. The normalized spacial score (nSPS) is 14.6. The highest BCUT2D eigenvalue weighted by molar-refractivity contribution is 8.27. The largest absolute Gasteiger partial charge is 0.494 e. The summed E-state index contributed by atoms with van der Waals surface area (Å²) in [5, 5.41) is 0. The van der Waals surface area contributed by atoms with Crippen molar-refractivity contribution in [1.82, 2.24) is 0 Å². The molecule has 5 nitrogen and oxygen atoms in total. The summed E-state index contributed by atoms with van der Waals surface area (Å²) in [4.78, 5) is 15.1. The fraction of sp³-hybridized carbons (Fsp3) is 0.154. The Hall–Kier alpha value is -3.29. The number of thioether (sulfide) groups is 1. The smallest absolute Gasteiger partial charge is 0.270 e. The van der Waals surface area contributed by atoms with Crippen LogP contribution in [0.2, 0.25) is 0 Å². The number of ether oxygens (including phenoxy) is 3. The molecule has 1 heterocycles. The summed E-state index contributed by atoms with van der Waals surface area (Å²) in [5.74, 6) is 2.19. The van der Waals surface area contributed by atoms with Gasteiger partial charge in [-0.1, -0.05) is 54.3 Å². The molecular formula is C26H23NO4S2. The lowest BCUT2D eigenvalue weighted by molar-refractivity contribution is -0.113. The van der Waals surface area contributed by atoms with Gasteiger partial charge in [0.05, 0.1) is 17.2 Å². The van der Waals surface area contributed by atoms with E-state index in [0.29, 0.717) is 29.0 Å². The van der Waals surface area contributed by atoms with E-state index in [9.17, 15) is 4.79 Å². The van der Waals surface area contributed by atoms with Gasteiger partial charge in [-0.2, -0.15) is 0 Å². The van der Waals surface area contributed by atoms with E-state index in [0.717, 1.165) is 28.5 Å². The summed E-state index contributed by atoms with van der Waals surface area (Å²) in [5.41, 5.74) is 1.63. The zero-order valence-electron chi connectivity index (χ0n) is 18.1. The molecule has 0 atom stereocenters. The van der Waals surface area contributed by atoms with Crippen LogP contribution in [0.5, 0.6) is 17.2 Å². The fourth-order valence-electron chi connectivity index (χ4n) is 3.20. The molecule has 1 saturated heterocycles. The number of carbonyl (C=O) groups is 1. The Labute approximate surface area is 203 Å². The number of rotatable bonds is 9. The van der Waals surface area contributed by atoms with Crippen LogP contribution in [0.25, 0.3) is 6.08 Å². The lowest BCUT2D eigenvalue weighted by Gasteiger charge is -2.15. The van der Waals surface area contributed by atoms with Crippen LogP contribution in [0, 0.1) is 0 Å². The monoisotopic (exact) mass is 477 g/mol. The van der Waals surface area contributed by atoms with Crippen LogP contribution in [0.4, 0.5) is 5.69 Å². The molecular weight excluding hydrogens is 454 g/mol. The number of nitrogens with zero attached hydrogens (tertiary/aromatic N) is 1. The minimum Gasteiger partial charge on any atom is -0.494 e. The number of hydrogen-bond acceptors (Lipinski definition) is 6. The van der Waals surface area contributed by atoms with E-state index in [4.69, 9.17) is 26.4 Å². The highest BCUT2D eigenvalue weighted by atomic mass is 32.2. The third kappa shape index (κ3) is 5.94. The Morgan fingerprint density at radius 2 is 1.39 bits per heavy atom. The number of benzene rings is 3. The lowest BCUT2D eigenvalue weighted by Crippen LogP contribution is -2.27. The third-order valence-corrected chi connectivity index (χ3v) is 6.04. The van der Waals surface area contributed by atoms with Crippen molar-refractivity contribution < 1.29 is 19.0 Å². The number of hydrogen-bond donors (Lipinski definition) is 0. The van der Waals surface area contributed by atoms with Crippen LogP contribution < -0.4 is 19.1 Å². The molecule has 0 aromatic heterocycles. The number of thiocarbonyl (C=S) groups is 1. The molecule has 4 rings (SSSR count). The molecule has 1 fully saturated rings. The summed E-state index contributed by atoms with van der Waals surface area (Å²) in [6.45, 7) is 3.42. The van der Waals surface area contributed by atoms with Crippen molar-refractivity contribution in [3.63, 3.8) is 0 Å². The van der Waals surface area contributed by atoms with Crippen LogP contribution in [0.1, 0.15) is 12.5 Å². The minimum absolute atomic E-state index is 0.132. The summed E-state index contributed by atoms with van der Waals surface area (Å²) >= 11 is 6.75. The van der Waals surface area contributed by atoms with E-state index in [1.165, 1.54) is 11.8 Å². The van der Waals surface area contributed by atoms with Crippen LogP contribution in [-0.4, -0.2) is 30.0 Å². The SMILES string of the molecule is CCOc1ccc(N2C(=O)/C(=C\c3ccc(OCCOc4ccccc4)cc3)SC2=S)cc1. The van der Waals surface area contributed by atoms with Gasteiger partial charge in [0.1, 0.15) is 30.5 Å². The molecule has 0 spiro atoms. The van der Waals surface area contributed by atoms with Crippen molar-refractivity contribution in [1.29, 1.82) is 0 Å². The Kier molecular flexibility index (Phi) is 7.65. The van der Waals surface area contributed by atoms with Crippen molar-refractivity contribution in [2.45, 2.75) is 6.92 Å². The maximum atomic E-state index is 13.0. The van der Waals surface area contributed by atoms with Crippen LogP contribution in [0.15, 0.2) is 83.8 Å².